The van der Waals surface area contributed by atoms with Gasteiger partial charge in [0.1, 0.15) is 11.5 Å². The number of para-hydroxylation sites is 1. The molecule has 0 saturated heterocycles. The highest BCUT2D eigenvalue weighted by molar-refractivity contribution is 6.03. The fourth-order valence-corrected chi connectivity index (χ4v) is 2.43. The highest BCUT2D eigenvalue weighted by Crippen LogP contribution is 2.17. The number of nitrogens with one attached hydrogen (secondary N) is 2. The minimum Gasteiger partial charge on any atom is -0.339 e. The van der Waals surface area contributed by atoms with Crippen LogP contribution in [0.1, 0.15) is 28.5 Å². The molecule has 0 unspecified atom stereocenters. The molecule has 2 aromatic carbocycles. The molecule has 1 heterocycles. The highest BCUT2D eigenvalue weighted by atomic mass is 16.1. The average molecular weight is 332 g/mol. The van der Waals surface area contributed by atoms with Gasteiger partial charge in [0.05, 0.1) is 12.4 Å². The quantitative estimate of drug-likeness (QED) is 0.729. The third-order valence-corrected chi connectivity index (χ3v) is 3.85. The summed E-state index contributed by atoms with van der Waals surface area (Å²) < 4.78 is 0. The van der Waals surface area contributed by atoms with Gasteiger partial charge < -0.3 is 10.6 Å². The normalized spacial score (nSPS) is 10.3. The summed E-state index contributed by atoms with van der Waals surface area (Å²) in [5.41, 5.74) is 4.28. The van der Waals surface area contributed by atoms with Crippen LogP contribution in [-0.4, -0.2) is 15.9 Å². The van der Waals surface area contributed by atoms with Gasteiger partial charge in [-0.2, -0.15) is 0 Å². The van der Waals surface area contributed by atoms with Crippen LogP contribution < -0.4 is 10.6 Å². The molecule has 0 bridgehead atoms. The summed E-state index contributed by atoms with van der Waals surface area (Å²) in [6.45, 7) is 4.09. The number of hydrogen-bond donors (Lipinski definition) is 2. The summed E-state index contributed by atoms with van der Waals surface area (Å²) in [5, 5.41) is 6.05. The number of aromatic nitrogens is 2. The van der Waals surface area contributed by atoms with E-state index in [0.717, 1.165) is 23.4 Å². The van der Waals surface area contributed by atoms with Crippen molar-refractivity contribution >= 4 is 23.1 Å². The predicted molar refractivity (Wildman–Crippen MR) is 100 cm³/mol. The van der Waals surface area contributed by atoms with E-state index in [9.17, 15) is 4.79 Å². The molecule has 3 aromatic rings. The topological polar surface area (TPSA) is 66.9 Å². The first-order valence-corrected chi connectivity index (χ1v) is 8.20. The molecule has 1 aromatic heterocycles. The Kier molecular flexibility index (Phi) is 5.04. The Morgan fingerprint density at radius 3 is 2.44 bits per heavy atom. The lowest BCUT2D eigenvalue weighted by molar-refractivity contribution is 0.102. The van der Waals surface area contributed by atoms with Gasteiger partial charge in [0.25, 0.3) is 5.91 Å². The standard InChI is InChI=1S/C20H20N4O/c1-3-15-6-4-5-7-17(15)24-20(25)18-12-22-19(13-21-18)23-16-10-8-14(2)9-11-16/h4-13H,3H2,1-2H3,(H,22,23)(H,24,25). The van der Waals surface area contributed by atoms with Crippen molar-refractivity contribution in [2.24, 2.45) is 0 Å². The molecular formula is C20H20N4O. The van der Waals surface area contributed by atoms with Crippen LogP contribution in [0.25, 0.3) is 0 Å². The molecular weight excluding hydrogens is 312 g/mol. The molecule has 0 atom stereocenters. The van der Waals surface area contributed by atoms with E-state index in [4.69, 9.17) is 0 Å². The van der Waals surface area contributed by atoms with Crippen molar-refractivity contribution in [3.05, 3.63) is 77.7 Å². The van der Waals surface area contributed by atoms with Crippen LogP contribution in [0.4, 0.5) is 17.2 Å². The molecule has 5 nitrogen and oxygen atoms in total. The first-order chi connectivity index (χ1) is 12.2. The zero-order valence-corrected chi connectivity index (χ0v) is 14.3. The summed E-state index contributed by atoms with van der Waals surface area (Å²) in [6, 6.07) is 15.7. The van der Waals surface area contributed by atoms with E-state index in [-0.39, 0.29) is 11.6 Å². The van der Waals surface area contributed by atoms with Gasteiger partial charge in [-0.15, -0.1) is 0 Å². The smallest absolute Gasteiger partial charge is 0.275 e. The molecule has 0 aliphatic heterocycles. The fraction of sp³-hybridized carbons (Fsp3) is 0.150. The first kappa shape index (κ1) is 16.6. The third-order valence-electron chi connectivity index (χ3n) is 3.85. The summed E-state index contributed by atoms with van der Waals surface area (Å²) in [5.74, 6) is 0.324. The molecule has 1 amide bonds. The molecule has 0 aliphatic rings. The second-order valence-electron chi connectivity index (χ2n) is 5.74. The van der Waals surface area contributed by atoms with Crippen LogP contribution in [0.3, 0.4) is 0 Å². The zero-order valence-electron chi connectivity index (χ0n) is 14.3. The van der Waals surface area contributed by atoms with E-state index in [1.54, 1.807) is 6.20 Å². The van der Waals surface area contributed by atoms with Gasteiger partial charge in [-0.3, -0.25) is 4.79 Å². The Hall–Kier alpha value is -3.21. The lowest BCUT2D eigenvalue weighted by Gasteiger charge is -2.09. The molecule has 0 aliphatic carbocycles. The van der Waals surface area contributed by atoms with Gasteiger partial charge in [0, 0.05) is 11.4 Å². The summed E-state index contributed by atoms with van der Waals surface area (Å²) >= 11 is 0. The molecule has 0 radical (unpaired) electrons. The number of nitrogens with zero attached hydrogens (tertiary/aromatic N) is 2. The number of rotatable bonds is 5. The van der Waals surface area contributed by atoms with Gasteiger partial charge in [-0.05, 0) is 37.1 Å². The average Bonchev–Trinajstić information content (AvgIpc) is 2.64. The van der Waals surface area contributed by atoms with Crippen LogP contribution >= 0.6 is 0 Å². The molecule has 5 heteroatoms. The monoisotopic (exact) mass is 332 g/mol. The van der Waals surface area contributed by atoms with Crippen molar-refractivity contribution in [2.75, 3.05) is 10.6 Å². The third kappa shape index (κ3) is 4.20. The Bertz CT molecular complexity index is 858. The zero-order chi connectivity index (χ0) is 17.6. The molecule has 126 valence electrons. The highest BCUT2D eigenvalue weighted by Gasteiger charge is 2.10. The van der Waals surface area contributed by atoms with Crippen LogP contribution in [0, 0.1) is 6.92 Å². The van der Waals surface area contributed by atoms with Crippen LogP contribution in [-0.2, 0) is 6.42 Å². The summed E-state index contributed by atoms with van der Waals surface area (Å²) in [6.07, 6.45) is 3.88. The molecule has 25 heavy (non-hydrogen) atoms. The Balaban J connectivity index is 1.69. The van der Waals surface area contributed by atoms with E-state index in [2.05, 4.69) is 27.5 Å². The van der Waals surface area contributed by atoms with Crippen LogP contribution in [0.5, 0.6) is 0 Å². The van der Waals surface area contributed by atoms with E-state index in [0.29, 0.717) is 5.82 Å². The van der Waals surface area contributed by atoms with Gasteiger partial charge in [-0.25, -0.2) is 9.97 Å². The van der Waals surface area contributed by atoms with Crippen molar-refractivity contribution in [1.29, 1.82) is 0 Å². The maximum atomic E-state index is 12.4. The molecule has 0 fully saturated rings. The molecule has 0 saturated carbocycles. The largest absolute Gasteiger partial charge is 0.339 e. The number of carbonyl (C=O) groups excluding carboxylic acids is 1. The number of carbonyl (C=O) groups is 1. The van der Waals surface area contributed by atoms with E-state index >= 15 is 0 Å². The predicted octanol–water partition coefficient (Wildman–Crippen LogP) is 4.34. The SMILES string of the molecule is CCc1ccccc1NC(=O)c1cnc(Nc2ccc(C)cc2)cn1. The fourth-order valence-electron chi connectivity index (χ4n) is 2.43. The lowest BCUT2D eigenvalue weighted by atomic mass is 10.1. The number of aryl methyl sites for hydroxylation is 2. The molecule has 0 spiro atoms. The van der Waals surface area contributed by atoms with Gasteiger partial charge >= 0.3 is 0 Å². The van der Waals surface area contributed by atoms with Crippen molar-refractivity contribution < 1.29 is 4.79 Å². The van der Waals surface area contributed by atoms with Crippen molar-refractivity contribution in [3.8, 4) is 0 Å². The van der Waals surface area contributed by atoms with Crippen molar-refractivity contribution in [2.45, 2.75) is 20.3 Å². The molecule has 2 N–H and O–H groups in total. The minimum absolute atomic E-state index is 0.268. The van der Waals surface area contributed by atoms with E-state index < -0.39 is 0 Å². The van der Waals surface area contributed by atoms with Crippen LogP contribution in [0.15, 0.2) is 60.9 Å². The Morgan fingerprint density at radius 1 is 1.00 bits per heavy atom. The van der Waals surface area contributed by atoms with E-state index in [1.165, 1.54) is 11.8 Å². The number of benzene rings is 2. The molecule has 3 rings (SSSR count). The second-order valence-corrected chi connectivity index (χ2v) is 5.74. The first-order valence-electron chi connectivity index (χ1n) is 8.20. The number of amides is 1. The van der Waals surface area contributed by atoms with Crippen molar-refractivity contribution in [3.63, 3.8) is 0 Å². The number of hydrogen-bond acceptors (Lipinski definition) is 4. The van der Waals surface area contributed by atoms with Crippen molar-refractivity contribution in [1.82, 2.24) is 9.97 Å². The number of anilines is 3. The van der Waals surface area contributed by atoms with E-state index in [1.807, 2.05) is 55.5 Å². The van der Waals surface area contributed by atoms with Gasteiger partial charge in [0.15, 0.2) is 0 Å². The van der Waals surface area contributed by atoms with Gasteiger partial charge in [-0.1, -0.05) is 42.8 Å². The van der Waals surface area contributed by atoms with Crippen LogP contribution in [0.2, 0.25) is 0 Å². The lowest BCUT2D eigenvalue weighted by Crippen LogP contribution is -2.15. The maximum absolute atomic E-state index is 12.4. The van der Waals surface area contributed by atoms with Gasteiger partial charge in [0.2, 0.25) is 0 Å². The Labute approximate surface area is 147 Å². The minimum atomic E-state index is -0.268. The summed E-state index contributed by atoms with van der Waals surface area (Å²) in [7, 11) is 0. The Morgan fingerprint density at radius 2 is 1.76 bits per heavy atom. The maximum Gasteiger partial charge on any atom is 0.275 e. The second kappa shape index (κ2) is 7.57. The summed E-state index contributed by atoms with van der Waals surface area (Å²) in [4.78, 5) is 20.8.